The summed E-state index contributed by atoms with van der Waals surface area (Å²) < 4.78 is 37.6. The maximum Gasteiger partial charge on any atom is 0.243 e. The first-order valence-electron chi connectivity index (χ1n) is 9.49. The Bertz CT molecular complexity index is 947. The molecule has 1 aliphatic rings. The monoisotopic (exact) mass is 418 g/mol. The molecule has 0 bridgehead atoms. The van der Waals surface area contributed by atoms with Gasteiger partial charge in [-0.3, -0.25) is 4.79 Å². The molecule has 1 amide bonds. The van der Waals surface area contributed by atoms with E-state index >= 15 is 0 Å². The fourth-order valence-corrected chi connectivity index (χ4v) is 4.99. The lowest BCUT2D eigenvalue weighted by Crippen LogP contribution is -2.45. The highest BCUT2D eigenvalue weighted by Crippen LogP contribution is 2.28. The molecule has 1 atom stereocenters. The van der Waals surface area contributed by atoms with Crippen molar-refractivity contribution in [2.75, 3.05) is 27.3 Å². The van der Waals surface area contributed by atoms with Crippen LogP contribution in [0.1, 0.15) is 18.4 Å². The van der Waals surface area contributed by atoms with Gasteiger partial charge in [0.1, 0.15) is 0 Å². The number of nitrogens with one attached hydrogen (secondary N) is 1. The van der Waals surface area contributed by atoms with Crippen molar-refractivity contribution in [3.8, 4) is 11.5 Å². The zero-order valence-corrected chi connectivity index (χ0v) is 17.4. The quantitative estimate of drug-likeness (QED) is 0.747. The molecule has 0 spiro atoms. The lowest BCUT2D eigenvalue weighted by molar-refractivity contribution is -0.126. The Kier molecular flexibility index (Phi) is 6.76. The Balaban J connectivity index is 1.63. The summed E-state index contributed by atoms with van der Waals surface area (Å²) in [6.07, 6.45) is 1.32. The lowest BCUT2D eigenvalue weighted by atomic mass is 9.98. The first-order chi connectivity index (χ1) is 14.0. The number of carbonyl (C=O) groups excluding carboxylic acids is 1. The second kappa shape index (κ2) is 9.28. The Morgan fingerprint density at radius 2 is 1.83 bits per heavy atom. The molecule has 7 nitrogen and oxygen atoms in total. The van der Waals surface area contributed by atoms with Crippen LogP contribution in [-0.2, 0) is 21.4 Å². The summed E-state index contributed by atoms with van der Waals surface area (Å²) in [4.78, 5) is 12.9. The van der Waals surface area contributed by atoms with Gasteiger partial charge in [0, 0.05) is 19.6 Å². The molecule has 2 aromatic rings. The maximum atomic E-state index is 12.8. The van der Waals surface area contributed by atoms with Gasteiger partial charge >= 0.3 is 0 Å². The number of nitrogens with zero attached hydrogens (tertiary/aromatic N) is 1. The van der Waals surface area contributed by atoms with Crippen LogP contribution < -0.4 is 14.8 Å². The molecule has 156 valence electrons. The number of benzene rings is 2. The number of ether oxygens (including phenoxy) is 2. The van der Waals surface area contributed by atoms with Gasteiger partial charge in [0.25, 0.3) is 0 Å². The molecule has 1 saturated heterocycles. The fourth-order valence-electron chi connectivity index (χ4n) is 3.44. The summed E-state index contributed by atoms with van der Waals surface area (Å²) in [7, 11) is -0.463. The maximum absolute atomic E-state index is 12.8. The second-order valence-corrected chi connectivity index (χ2v) is 8.86. The van der Waals surface area contributed by atoms with Gasteiger partial charge in [-0.2, -0.15) is 4.31 Å². The van der Waals surface area contributed by atoms with E-state index in [1.54, 1.807) is 50.6 Å². The molecule has 8 heteroatoms. The normalized spacial score (nSPS) is 17.5. The van der Waals surface area contributed by atoms with Crippen molar-refractivity contribution in [1.29, 1.82) is 0 Å². The van der Waals surface area contributed by atoms with Crippen molar-refractivity contribution >= 4 is 15.9 Å². The molecule has 2 aromatic carbocycles. The third kappa shape index (κ3) is 4.89. The van der Waals surface area contributed by atoms with Crippen LogP contribution in [0.25, 0.3) is 0 Å². The first kappa shape index (κ1) is 21.1. The SMILES string of the molecule is COc1ccc(CNC(=O)[C@H]2CCCN(S(=O)(=O)c3ccccc3)C2)cc1OC. The van der Waals surface area contributed by atoms with E-state index < -0.39 is 10.0 Å². The molecule has 1 fully saturated rings. The molecule has 0 aliphatic carbocycles. The van der Waals surface area contributed by atoms with E-state index in [9.17, 15) is 13.2 Å². The topological polar surface area (TPSA) is 84.9 Å². The summed E-state index contributed by atoms with van der Waals surface area (Å²) in [6.45, 7) is 0.951. The van der Waals surface area contributed by atoms with Gasteiger partial charge in [-0.05, 0) is 42.7 Å². The highest BCUT2D eigenvalue weighted by atomic mass is 32.2. The molecular weight excluding hydrogens is 392 g/mol. The van der Waals surface area contributed by atoms with Crippen LogP contribution in [0.2, 0.25) is 0 Å². The summed E-state index contributed by atoms with van der Waals surface area (Å²) in [5.74, 6) is 0.698. The molecule has 3 rings (SSSR count). The molecule has 0 unspecified atom stereocenters. The number of rotatable bonds is 7. The Morgan fingerprint density at radius 1 is 1.10 bits per heavy atom. The Labute approximate surface area is 171 Å². The molecule has 1 aliphatic heterocycles. The number of piperidine rings is 1. The molecule has 1 N–H and O–H groups in total. The van der Waals surface area contributed by atoms with Crippen LogP contribution in [0.5, 0.6) is 11.5 Å². The summed E-state index contributed by atoms with van der Waals surface area (Å²) >= 11 is 0. The van der Waals surface area contributed by atoms with Gasteiger partial charge in [0.15, 0.2) is 11.5 Å². The fraction of sp³-hybridized carbons (Fsp3) is 0.381. The average Bonchev–Trinajstić information content (AvgIpc) is 2.77. The molecule has 0 aromatic heterocycles. The van der Waals surface area contributed by atoms with Crippen molar-refractivity contribution in [3.05, 3.63) is 54.1 Å². The van der Waals surface area contributed by atoms with Crippen LogP contribution in [0.4, 0.5) is 0 Å². The van der Waals surface area contributed by atoms with Gasteiger partial charge in [-0.1, -0.05) is 24.3 Å². The van der Waals surface area contributed by atoms with Crippen molar-refractivity contribution in [2.24, 2.45) is 5.92 Å². The minimum Gasteiger partial charge on any atom is -0.493 e. The molecule has 1 heterocycles. The Morgan fingerprint density at radius 3 is 2.52 bits per heavy atom. The molecule has 0 saturated carbocycles. The number of hydrogen-bond acceptors (Lipinski definition) is 5. The number of sulfonamides is 1. The summed E-state index contributed by atoms with van der Waals surface area (Å²) in [5, 5.41) is 2.91. The van der Waals surface area contributed by atoms with E-state index in [-0.39, 0.29) is 23.3 Å². The van der Waals surface area contributed by atoms with Crippen LogP contribution in [0, 0.1) is 5.92 Å². The van der Waals surface area contributed by atoms with E-state index in [1.165, 1.54) is 4.31 Å². The van der Waals surface area contributed by atoms with E-state index in [1.807, 2.05) is 12.1 Å². The highest BCUT2D eigenvalue weighted by Gasteiger charge is 2.33. The van der Waals surface area contributed by atoms with Crippen molar-refractivity contribution in [2.45, 2.75) is 24.3 Å². The van der Waals surface area contributed by atoms with Crippen LogP contribution in [0.15, 0.2) is 53.4 Å². The third-order valence-corrected chi connectivity index (χ3v) is 6.93. The van der Waals surface area contributed by atoms with E-state index in [0.717, 1.165) is 5.56 Å². The van der Waals surface area contributed by atoms with Crippen LogP contribution in [-0.4, -0.2) is 45.9 Å². The molecule has 29 heavy (non-hydrogen) atoms. The third-order valence-electron chi connectivity index (χ3n) is 5.05. The lowest BCUT2D eigenvalue weighted by Gasteiger charge is -2.31. The minimum atomic E-state index is -3.59. The summed E-state index contributed by atoms with van der Waals surface area (Å²) in [6, 6.07) is 13.8. The standard InChI is InChI=1S/C21H26N2O5S/c1-27-19-11-10-16(13-20(19)28-2)14-22-21(24)17-7-6-12-23(15-17)29(25,26)18-8-4-3-5-9-18/h3-5,8-11,13,17H,6-7,12,14-15H2,1-2H3,(H,22,24)/t17-/m0/s1. The number of amides is 1. The first-order valence-corrected chi connectivity index (χ1v) is 10.9. The van der Waals surface area contributed by atoms with Gasteiger partial charge in [-0.15, -0.1) is 0 Å². The molecule has 0 radical (unpaired) electrons. The van der Waals surface area contributed by atoms with Gasteiger partial charge in [0.2, 0.25) is 15.9 Å². The number of carbonyl (C=O) groups is 1. The van der Waals surface area contributed by atoms with E-state index in [2.05, 4.69) is 5.32 Å². The Hall–Kier alpha value is -2.58. The van der Waals surface area contributed by atoms with Crippen LogP contribution in [0.3, 0.4) is 0 Å². The number of methoxy groups -OCH3 is 2. The minimum absolute atomic E-state index is 0.146. The van der Waals surface area contributed by atoms with Gasteiger partial charge < -0.3 is 14.8 Å². The zero-order chi connectivity index (χ0) is 20.9. The average molecular weight is 419 g/mol. The van der Waals surface area contributed by atoms with Crippen molar-refractivity contribution in [1.82, 2.24) is 9.62 Å². The number of hydrogen-bond donors (Lipinski definition) is 1. The van der Waals surface area contributed by atoms with Crippen LogP contribution >= 0.6 is 0 Å². The van der Waals surface area contributed by atoms with Gasteiger partial charge in [0.05, 0.1) is 25.0 Å². The van der Waals surface area contributed by atoms with Gasteiger partial charge in [-0.25, -0.2) is 8.42 Å². The predicted octanol–water partition coefficient (Wildman–Crippen LogP) is 2.42. The largest absolute Gasteiger partial charge is 0.493 e. The van der Waals surface area contributed by atoms with E-state index in [0.29, 0.717) is 37.4 Å². The predicted molar refractivity (Wildman–Crippen MR) is 109 cm³/mol. The second-order valence-electron chi connectivity index (χ2n) is 6.92. The summed E-state index contributed by atoms with van der Waals surface area (Å²) in [5.41, 5.74) is 0.876. The van der Waals surface area contributed by atoms with Crippen molar-refractivity contribution in [3.63, 3.8) is 0 Å². The highest BCUT2D eigenvalue weighted by molar-refractivity contribution is 7.89. The zero-order valence-electron chi connectivity index (χ0n) is 16.6. The molecular formula is C21H26N2O5S. The van der Waals surface area contributed by atoms with Crippen molar-refractivity contribution < 1.29 is 22.7 Å². The smallest absolute Gasteiger partial charge is 0.243 e. The van der Waals surface area contributed by atoms with E-state index in [4.69, 9.17) is 9.47 Å².